The molecular weight excluding hydrogens is 444 g/mol. The Morgan fingerprint density at radius 3 is 2.27 bits per heavy atom. The molecular formula is C24H23BrN2O3. The summed E-state index contributed by atoms with van der Waals surface area (Å²) in [5, 5.41) is 5.65. The van der Waals surface area contributed by atoms with Gasteiger partial charge in [-0.05, 0) is 60.9 Å². The SMILES string of the molecule is Cc1cc(OCC(=O)Nc2cccc(NC(=O)CCc3ccccc3)c2)ccc1Br. The van der Waals surface area contributed by atoms with Crippen LogP contribution in [0.1, 0.15) is 17.5 Å². The Labute approximate surface area is 184 Å². The molecule has 0 spiro atoms. The van der Waals surface area contributed by atoms with Crippen LogP contribution in [0.3, 0.4) is 0 Å². The second-order valence-electron chi connectivity index (χ2n) is 6.86. The molecule has 3 aromatic rings. The van der Waals surface area contributed by atoms with Gasteiger partial charge in [0.1, 0.15) is 5.75 Å². The lowest BCUT2D eigenvalue weighted by atomic mass is 10.1. The number of anilines is 2. The predicted molar refractivity (Wildman–Crippen MR) is 123 cm³/mol. The number of amides is 2. The van der Waals surface area contributed by atoms with Crippen molar-refractivity contribution < 1.29 is 14.3 Å². The van der Waals surface area contributed by atoms with Gasteiger partial charge in [0.15, 0.2) is 6.61 Å². The monoisotopic (exact) mass is 466 g/mol. The fourth-order valence-corrected chi connectivity index (χ4v) is 3.10. The Bertz CT molecular complexity index is 1020. The molecule has 154 valence electrons. The molecule has 2 N–H and O–H groups in total. The van der Waals surface area contributed by atoms with Crippen LogP contribution in [0.25, 0.3) is 0 Å². The number of aryl methyl sites for hydroxylation is 2. The molecule has 0 aliphatic rings. The summed E-state index contributed by atoms with van der Waals surface area (Å²) in [6.45, 7) is 1.85. The lowest BCUT2D eigenvalue weighted by Gasteiger charge is -2.10. The van der Waals surface area contributed by atoms with E-state index in [1.165, 1.54) is 0 Å². The molecule has 0 aliphatic carbocycles. The molecule has 2 amide bonds. The summed E-state index contributed by atoms with van der Waals surface area (Å²) in [5.74, 6) is 0.282. The highest BCUT2D eigenvalue weighted by atomic mass is 79.9. The zero-order valence-corrected chi connectivity index (χ0v) is 18.2. The molecule has 0 heterocycles. The molecule has 5 nitrogen and oxygen atoms in total. The molecule has 0 aromatic heterocycles. The number of benzene rings is 3. The van der Waals surface area contributed by atoms with Gasteiger partial charge in [-0.15, -0.1) is 0 Å². The average molecular weight is 467 g/mol. The maximum Gasteiger partial charge on any atom is 0.262 e. The lowest BCUT2D eigenvalue weighted by molar-refractivity contribution is -0.118. The highest BCUT2D eigenvalue weighted by Gasteiger charge is 2.07. The zero-order chi connectivity index (χ0) is 21.3. The summed E-state index contributed by atoms with van der Waals surface area (Å²) in [7, 11) is 0. The number of carbonyl (C=O) groups is 2. The first kappa shape index (κ1) is 21.6. The van der Waals surface area contributed by atoms with Crippen LogP contribution in [0, 0.1) is 6.92 Å². The quantitative estimate of drug-likeness (QED) is 0.470. The Hall–Kier alpha value is -3.12. The number of ether oxygens (including phenoxy) is 1. The van der Waals surface area contributed by atoms with E-state index in [4.69, 9.17) is 4.74 Å². The molecule has 0 radical (unpaired) electrons. The van der Waals surface area contributed by atoms with Crippen molar-refractivity contribution in [2.24, 2.45) is 0 Å². The van der Waals surface area contributed by atoms with Crippen LogP contribution < -0.4 is 15.4 Å². The summed E-state index contributed by atoms with van der Waals surface area (Å²) in [6, 6.07) is 22.5. The van der Waals surface area contributed by atoms with Crippen LogP contribution in [0.5, 0.6) is 5.75 Å². The van der Waals surface area contributed by atoms with E-state index >= 15 is 0 Å². The van der Waals surface area contributed by atoms with E-state index in [0.29, 0.717) is 30.0 Å². The third-order valence-electron chi connectivity index (χ3n) is 4.41. The van der Waals surface area contributed by atoms with Gasteiger partial charge in [-0.2, -0.15) is 0 Å². The number of hydrogen-bond donors (Lipinski definition) is 2. The number of halogens is 1. The summed E-state index contributed by atoms with van der Waals surface area (Å²) < 4.78 is 6.53. The van der Waals surface area contributed by atoms with Gasteiger partial charge in [-0.1, -0.05) is 52.3 Å². The standard InChI is InChI=1S/C24H23BrN2O3/c1-17-14-21(11-12-22(17)25)30-16-24(29)27-20-9-5-8-19(15-20)26-23(28)13-10-18-6-3-2-4-7-18/h2-9,11-12,14-15H,10,13,16H2,1H3,(H,26,28)(H,27,29). The molecule has 0 bridgehead atoms. The Morgan fingerprint density at radius 1 is 0.867 bits per heavy atom. The van der Waals surface area contributed by atoms with Gasteiger partial charge >= 0.3 is 0 Å². The third-order valence-corrected chi connectivity index (χ3v) is 5.30. The van der Waals surface area contributed by atoms with Gasteiger partial charge in [0.05, 0.1) is 0 Å². The maximum atomic E-state index is 12.2. The van der Waals surface area contributed by atoms with Crippen molar-refractivity contribution in [1.82, 2.24) is 0 Å². The van der Waals surface area contributed by atoms with Gasteiger partial charge in [0.2, 0.25) is 5.91 Å². The van der Waals surface area contributed by atoms with Gasteiger partial charge < -0.3 is 15.4 Å². The minimum Gasteiger partial charge on any atom is -0.484 e. The molecule has 3 rings (SSSR count). The van der Waals surface area contributed by atoms with Crippen molar-refractivity contribution in [1.29, 1.82) is 0 Å². The largest absolute Gasteiger partial charge is 0.484 e. The van der Waals surface area contributed by atoms with Gasteiger partial charge in [0, 0.05) is 22.3 Å². The maximum absolute atomic E-state index is 12.2. The summed E-state index contributed by atoms with van der Waals surface area (Å²) in [4.78, 5) is 24.4. The van der Waals surface area contributed by atoms with Crippen LogP contribution in [-0.2, 0) is 16.0 Å². The molecule has 6 heteroatoms. The second-order valence-corrected chi connectivity index (χ2v) is 7.72. The van der Waals surface area contributed by atoms with Crippen LogP contribution in [-0.4, -0.2) is 18.4 Å². The fourth-order valence-electron chi connectivity index (χ4n) is 2.85. The van der Waals surface area contributed by atoms with Crippen LogP contribution in [0.4, 0.5) is 11.4 Å². The Morgan fingerprint density at radius 2 is 1.57 bits per heavy atom. The van der Waals surface area contributed by atoms with Crippen LogP contribution >= 0.6 is 15.9 Å². The molecule has 0 saturated heterocycles. The second kappa shape index (κ2) is 10.6. The first-order valence-electron chi connectivity index (χ1n) is 9.62. The van der Waals surface area contributed by atoms with E-state index in [-0.39, 0.29) is 18.4 Å². The minimum absolute atomic E-state index is 0.0729. The third kappa shape index (κ3) is 6.74. The molecule has 0 aliphatic heterocycles. The normalized spacial score (nSPS) is 10.3. The average Bonchev–Trinajstić information content (AvgIpc) is 2.74. The first-order chi connectivity index (χ1) is 14.5. The van der Waals surface area contributed by atoms with E-state index in [2.05, 4.69) is 26.6 Å². The number of hydrogen-bond acceptors (Lipinski definition) is 3. The highest BCUT2D eigenvalue weighted by Crippen LogP contribution is 2.21. The van der Waals surface area contributed by atoms with Crippen molar-refractivity contribution in [2.75, 3.05) is 17.2 Å². The van der Waals surface area contributed by atoms with Gasteiger partial charge in [-0.3, -0.25) is 9.59 Å². The summed E-state index contributed by atoms with van der Waals surface area (Å²) >= 11 is 3.43. The van der Waals surface area contributed by atoms with Gasteiger partial charge in [-0.25, -0.2) is 0 Å². The van der Waals surface area contributed by atoms with Gasteiger partial charge in [0.25, 0.3) is 5.91 Å². The first-order valence-corrected chi connectivity index (χ1v) is 10.4. The Balaban J connectivity index is 1.48. The highest BCUT2D eigenvalue weighted by molar-refractivity contribution is 9.10. The van der Waals surface area contributed by atoms with Crippen molar-refractivity contribution >= 4 is 39.1 Å². The zero-order valence-electron chi connectivity index (χ0n) is 16.7. The topological polar surface area (TPSA) is 67.4 Å². The summed E-state index contributed by atoms with van der Waals surface area (Å²) in [5.41, 5.74) is 3.38. The number of carbonyl (C=O) groups excluding carboxylic acids is 2. The molecule has 0 unspecified atom stereocenters. The molecule has 30 heavy (non-hydrogen) atoms. The molecule has 0 atom stereocenters. The van der Waals surface area contributed by atoms with E-state index < -0.39 is 0 Å². The van der Waals surface area contributed by atoms with E-state index in [0.717, 1.165) is 15.6 Å². The number of nitrogens with one attached hydrogen (secondary N) is 2. The van der Waals surface area contributed by atoms with E-state index in [1.54, 1.807) is 30.3 Å². The van der Waals surface area contributed by atoms with Crippen molar-refractivity contribution in [3.05, 3.63) is 88.4 Å². The molecule has 0 saturated carbocycles. The minimum atomic E-state index is -0.275. The van der Waals surface area contributed by atoms with Crippen LogP contribution in [0.2, 0.25) is 0 Å². The molecule has 3 aromatic carbocycles. The molecule has 0 fully saturated rings. The Kier molecular flexibility index (Phi) is 7.63. The van der Waals surface area contributed by atoms with Crippen molar-refractivity contribution in [3.8, 4) is 5.75 Å². The predicted octanol–water partition coefficient (Wildman–Crippen LogP) is 5.35. The lowest BCUT2D eigenvalue weighted by Crippen LogP contribution is -2.20. The van der Waals surface area contributed by atoms with E-state index in [1.807, 2.05) is 49.4 Å². The van der Waals surface area contributed by atoms with Crippen molar-refractivity contribution in [2.45, 2.75) is 19.8 Å². The van der Waals surface area contributed by atoms with Crippen LogP contribution in [0.15, 0.2) is 77.3 Å². The fraction of sp³-hybridized carbons (Fsp3) is 0.167. The number of rotatable bonds is 8. The van der Waals surface area contributed by atoms with Crippen molar-refractivity contribution in [3.63, 3.8) is 0 Å². The summed E-state index contributed by atoms with van der Waals surface area (Å²) in [6.07, 6.45) is 1.07. The smallest absolute Gasteiger partial charge is 0.262 e. The van der Waals surface area contributed by atoms with E-state index in [9.17, 15) is 9.59 Å².